The van der Waals surface area contributed by atoms with Gasteiger partial charge in [-0.15, -0.1) is 0 Å². The molecule has 190 valence electrons. The SMILES string of the molecule is CCCCOC(=O)c1cccc2c1-c1ccccc1C2=NI=Cc1ccc2c(c1)c1ccccc1n2CC. The number of fused-ring (bicyclic) bond motifs is 6. The number of hydrogen-bond donors (Lipinski definition) is 0. The second-order valence-electron chi connectivity index (χ2n) is 9.44. The van der Waals surface area contributed by atoms with Gasteiger partial charge in [0.05, 0.1) is 17.9 Å². The maximum Gasteiger partial charge on any atom is 0.338 e. The van der Waals surface area contributed by atoms with Crippen LogP contribution in [0.25, 0.3) is 32.9 Å². The van der Waals surface area contributed by atoms with Crippen LogP contribution in [0.1, 0.15) is 53.7 Å². The summed E-state index contributed by atoms with van der Waals surface area (Å²) in [5.41, 5.74) is 9.46. The fourth-order valence-corrected chi connectivity index (χ4v) is 7.00. The summed E-state index contributed by atoms with van der Waals surface area (Å²) >= 11 is -0.615. The number of halogens is 1. The normalized spacial score (nSPS) is 13.7. The molecule has 1 aromatic heterocycles. The minimum Gasteiger partial charge on any atom is -0.462 e. The molecule has 5 heteroatoms. The Labute approximate surface area is 233 Å². The lowest BCUT2D eigenvalue weighted by molar-refractivity contribution is 0.0500. The third-order valence-corrected chi connectivity index (χ3v) is 8.90. The van der Waals surface area contributed by atoms with Crippen molar-refractivity contribution in [3.05, 3.63) is 107 Å². The van der Waals surface area contributed by atoms with Gasteiger partial charge in [-0.1, -0.05) is 74.0 Å². The number of unbranched alkanes of at least 4 members (excludes halogenated alkanes) is 1. The van der Waals surface area contributed by atoms with Crippen molar-refractivity contribution in [3.63, 3.8) is 0 Å². The molecule has 0 bridgehead atoms. The van der Waals surface area contributed by atoms with E-state index in [1.807, 2.05) is 24.3 Å². The molecule has 1 aliphatic rings. The molecule has 0 N–H and O–H groups in total. The zero-order valence-electron chi connectivity index (χ0n) is 21.6. The average molecular weight is 613 g/mol. The molecule has 0 radical (unpaired) electrons. The van der Waals surface area contributed by atoms with Gasteiger partial charge < -0.3 is 9.30 Å². The summed E-state index contributed by atoms with van der Waals surface area (Å²) in [6.45, 7) is 5.68. The number of rotatable bonds is 7. The number of esters is 1. The quantitative estimate of drug-likeness (QED) is 0.103. The zero-order valence-corrected chi connectivity index (χ0v) is 23.7. The van der Waals surface area contributed by atoms with Gasteiger partial charge in [-0.2, -0.15) is 0 Å². The van der Waals surface area contributed by atoms with E-state index in [2.05, 4.69) is 83.1 Å². The lowest BCUT2D eigenvalue weighted by Gasteiger charge is -2.09. The number of carbonyl (C=O) groups excluding carboxylic acids is 1. The minimum atomic E-state index is -0.615. The maximum absolute atomic E-state index is 13.0. The monoisotopic (exact) mass is 612 g/mol. The predicted molar refractivity (Wildman–Crippen MR) is 167 cm³/mol. The van der Waals surface area contributed by atoms with Crippen LogP contribution in [-0.4, -0.2) is 26.9 Å². The molecule has 0 aliphatic heterocycles. The van der Waals surface area contributed by atoms with E-state index in [1.165, 1.54) is 27.4 Å². The van der Waals surface area contributed by atoms with E-state index in [4.69, 9.17) is 7.94 Å². The van der Waals surface area contributed by atoms with Gasteiger partial charge in [0.15, 0.2) is 0 Å². The maximum atomic E-state index is 13.0. The lowest BCUT2D eigenvalue weighted by atomic mass is 9.99. The second-order valence-corrected chi connectivity index (χ2v) is 11.1. The third-order valence-electron chi connectivity index (χ3n) is 7.14. The Balaban J connectivity index is 1.38. The largest absolute Gasteiger partial charge is 0.462 e. The van der Waals surface area contributed by atoms with E-state index in [1.54, 1.807) is 0 Å². The standard InChI is InChI=1S/C33H29IN2O2/c1-3-5-19-38-33(37)27-15-10-14-26-31(27)24-12-6-7-13-25(24)32(26)35-34-21-22-17-18-30-28(20-22)23-11-8-9-16-29(23)36(30)4-2/h6-18,20-21H,3-5,19H2,1-2H3. The summed E-state index contributed by atoms with van der Waals surface area (Å²) in [5.74, 6) is -0.257. The molecule has 4 aromatic carbocycles. The Hall–Kier alpha value is -3.58. The molecule has 0 saturated heterocycles. The minimum absolute atomic E-state index is 0.257. The van der Waals surface area contributed by atoms with E-state index < -0.39 is 21.0 Å². The molecule has 0 saturated carbocycles. The van der Waals surface area contributed by atoms with E-state index in [0.717, 1.165) is 47.4 Å². The Morgan fingerprint density at radius 1 is 0.868 bits per heavy atom. The highest BCUT2D eigenvalue weighted by atomic mass is 127. The molecule has 0 atom stereocenters. The number of hydrogen-bond acceptors (Lipinski definition) is 3. The number of ether oxygens (including phenoxy) is 1. The molecule has 5 aromatic rings. The van der Waals surface area contributed by atoms with Crippen molar-refractivity contribution in [2.45, 2.75) is 33.2 Å². The fraction of sp³-hybridized carbons (Fsp3) is 0.182. The molecule has 0 fully saturated rings. The van der Waals surface area contributed by atoms with Crippen LogP contribution in [0.15, 0.2) is 88.1 Å². The highest BCUT2D eigenvalue weighted by Crippen LogP contribution is 2.40. The number of carbonyl (C=O) groups is 1. The van der Waals surface area contributed by atoms with Crippen molar-refractivity contribution < 1.29 is 9.53 Å². The molecule has 4 nitrogen and oxygen atoms in total. The second kappa shape index (κ2) is 10.7. The number of benzene rings is 4. The van der Waals surface area contributed by atoms with Gasteiger partial charge in [0, 0.05) is 66.0 Å². The Bertz CT molecular complexity index is 1750. The summed E-state index contributed by atoms with van der Waals surface area (Å²) in [6.07, 6.45) is 1.86. The molecular weight excluding hydrogens is 583 g/mol. The smallest absolute Gasteiger partial charge is 0.338 e. The van der Waals surface area contributed by atoms with Crippen LogP contribution >= 0.6 is 21.0 Å². The summed E-state index contributed by atoms with van der Waals surface area (Å²) in [6, 6.07) is 29.5. The number of nitrogens with zero attached hydrogens (tertiary/aromatic N) is 2. The van der Waals surface area contributed by atoms with Crippen LogP contribution in [-0.2, 0) is 11.3 Å². The van der Waals surface area contributed by atoms with Crippen LogP contribution in [0.5, 0.6) is 0 Å². The summed E-state index contributed by atoms with van der Waals surface area (Å²) in [4.78, 5) is 13.0. The van der Waals surface area contributed by atoms with Gasteiger partial charge in [-0.3, -0.25) is 0 Å². The van der Waals surface area contributed by atoms with Crippen molar-refractivity contribution in [1.29, 1.82) is 0 Å². The molecule has 0 amide bonds. The molecule has 0 spiro atoms. The van der Waals surface area contributed by atoms with Crippen LogP contribution in [0.2, 0.25) is 0 Å². The van der Waals surface area contributed by atoms with E-state index >= 15 is 0 Å². The van der Waals surface area contributed by atoms with Gasteiger partial charge >= 0.3 is 5.97 Å². The van der Waals surface area contributed by atoms with Crippen molar-refractivity contribution in [2.24, 2.45) is 3.21 Å². The zero-order chi connectivity index (χ0) is 26.1. The van der Waals surface area contributed by atoms with Crippen LogP contribution in [0, 0.1) is 0 Å². The topological polar surface area (TPSA) is 43.6 Å². The van der Waals surface area contributed by atoms with E-state index in [-0.39, 0.29) is 5.97 Å². The fourth-order valence-electron chi connectivity index (χ4n) is 5.35. The van der Waals surface area contributed by atoms with Gasteiger partial charge in [-0.05, 0) is 52.7 Å². The summed E-state index contributed by atoms with van der Waals surface area (Å²) in [7, 11) is 0. The molecular formula is C33H29IN2O2. The van der Waals surface area contributed by atoms with E-state index in [0.29, 0.717) is 12.2 Å². The van der Waals surface area contributed by atoms with E-state index in [9.17, 15) is 4.79 Å². The Kier molecular flexibility index (Phi) is 6.94. The molecule has 38 heavy (non-hydrogen) atoms. The number of aromatic nitrogens is 1. The molecule has 6 rings (SSSR count). The van der Waals surface area contributed by atoms with Gasteiger partial charge in [0.1, 0.15) is 0 Å². The van der Waals surface area contributed by atoms with Gasteiger partial charge in [-0.25, -0.2) is 8.00 Å². The highest BCUT2D eigenvalue weighted by molar-refractivity contribution is 14.2. The average Bonchev–Trinajstić information content (AvgIpc) is 3.45. The summed E-state index contributed by atoms with van der Waals surface area (Å²) in [5, 5.41) is 2.58. The van der Waals surface area contributed by atoms with Crippen LogP contribution in [0.3, 0.4) is 0 Å². The Morgan fingerprint density at radius 3 is 2.47 bits per heavy atom. The summed E-state index contributed by atoms with van der Waals surface area (Å²) < 4.78 is 15.4. The van der Waals surface area contributed by atoms with Crippen LogP contribution < -0.4 is 0 Å². The highest BCUT2D eigenvalue weighted by Gasteiger charge is 2.29. The van der Waals surface area contributed by atoms with Gasteiger partial charge in [0.2, 0.25) is 0 Å². The lowest BCUT2D eigenvalue weighted by Crippen LogP contribution is -2.08. The number of aryl methyl sites for hydroxylation is 1. The first-order valence-corrected chi connectivity index (χ1v) is 15.4. The van der Waals surface area contributed by atoms with Crippen LogP contribution in [0.4, 0.5) is 0 Å². The van der Waals surface area contributed by atoms with Gasteiger partial charge in [0.25, 0.3) is 0 Å². The molecule has 1 heterocycles. The van der Waals surface area contributed by atoms with Crippen molar-refractivity contribution >= 4 is 58.5 Å². The first-order chi connectivity index (χ1) is 18.7. The first-order valence-electron chi connectivity index (χ1n) is 13.2. The predicted octanol–water partition coefficient (Wildman–Crippen LogP) is 8.33. The molecule has 0 unspecified atom stereocenters. The number of para-hydroxylation sites is 1. The Morgan fingerprint density at radius 2 is 1.63 bits per heavy atom. The third kappa shape index (κ3) is 4.29. The van der Waals surface area contributed by atoms with Crippen molar-refractivity contribution in [3.8, 4) is 11.1 Å². The van der Waals surface area contributed by atoms with Crippen molar-refractivity contribution in [2.75, 3.05) is 6.61 Å². The first kappa shape index (κ1) is 24.7. The molecule has 1 aliphatic carbocycles. The van der Waals surface area contributed by atoms with Crippen molar-refractivity contribution in [1.82, 2.24) is 4.57 Å².